The Labute approximate surface area is 203 Å². The zero-order valence-corrected chi connectivity index (χ0v) is 20.7. The molecule has 1 saturated heterocycles. The summed E-state index contributed by atoms with van der Waals surface area (Å²) in [4.78, 5) is 25.7. The van der Waals surface area contributed by atoms with E-state index in [0.717, 1.165) is 42.0 Å². The molecule has 4 heterocycles. The predicted molar refractivity (Wildman–Crippen MR) is 135 cm³/mol. The maximum atomic E-state index is 13.8. The van der Waals surface area contributed by atoms with Crippen molar-refractivity contribution in [2.24, 2.45) is 5.92 Å². The predicted octanol–water partition coefficient (Wildman–Crippen LogP) is 3.14. The fraction of sp³-hybridized carbons (Fsp3) is 0.423. The van der Waals surface area contributed by atoms with E-state index in [9.17, 15) is 4.79 Å². The Hall–Kier alpha value is -3.59. The molecule has 1 fully saturated rings. The van der Waals surface area contributed by atoms with E-state index >= 15 is 0 Å². The fourth-order valence-electron chi connectivity index (χ4n) is 4.60. The third-order valence-electron chi connectivity index (χ3n) is 6.29. The van der Waals surface area contributed by atoms with E-state index in [2.05, 4.69) is 18.7 Å². The lowest BCUT2D eigenvalue weighted by atomic mass is 10.1. The number of aromatic nitrogens is 4. The first kappa shape index (κ1) is 23.2. The van der Waals surface area contributed by atoms with Gasteiger partial charge in [0.25, 0.3) is 0 Å². The molecular formula is C26H31N5O4. The van der Waals surface area contributed by atoms with Gasteiger partial charge in [-0.25, -0.2) is 19.2 Å². The molecule has 1 aromatic carbocycles. The molecule has 0 bridgehead atoms. The molecule has 0 N–H and O–H groups in total. The van der Waals surface area contributed by atoms with Gasteiger partial charge in [-0.1, -0.05) is 13.8 Å². The van der Waals surface area contributed by atoms with Crippen LogP contribution in [0.1, 0.15) is 25.1 Å². The van der Waals surface area contributed by atoms with Crippen molar-refractivity contribution in [1.29, 1.82) is 0 Å². The van der Waals surface area contributed by atoms with Crippen LogP contribution in [0.4, 0.5) is 5.69 Å². The highest BCUT2D eigenvalue weighted by atomic mass is 16.5. The van der Waals surface area contributed by atoms with Crippen molar-refractivity contribution in [3.8, 4) is 11.5 Å². The van der Waals surface area contributed by atoms with E-state index in [-0.39, 0.29) is 5.69 Å². The summed E-state index contributed by atoms with van der Waals surface area (Å²) in [5, 5.41) is 0. The number of rotatable bonds is 7. The maximum Gasteiger partial charge on any atom is 0.334 e. The van der Waals surface area contributed by atoms with Gasteiger partial charge >= 0.3 is 5.69 Å². The number of hydrogen-bond donors (Lipinski definition) is 0. The molecule has 1 aliphatic heterocycles. The van der Waals surface area contributed by atoms with Crippen LogP contribution >= 0.6 is 0 Å². The molecule has 5 rings (SSSR count). The number of benzene rings is 1. The monoisotopic (exact) mass is 477 g/mol. The van der Waals surface area contributed by atoms with Crippen LogP contribution in [0.15, 0.2) is 41.5 Å². The largest absolute Gasteiger partial charge is 0.497 e. The number of nitrogens with zero attached hydrogens (tertiary/aromatic N) is 5. The van der Waals surface area contributed by atoms with E-state index in [1.54, 1.807) is 23.2 Å². The highest BCUT2D eigenvalue weighted by Gasteiger charge is 2.19. The number of pyridine rings is 1. The molecule has 0 amide bonds. The summed E-state index contributed by atoms with van der Waals surface area (Å²) in [6.45, 7) is 7.54. The van der Waals surface area contributed by atoms with E-state index in [0.29, 0.717) is 48.3 Å². The van der Waals surface area contributed by atoms with Gasteiger partial charge in [0.1, 0.15) is 17.0 Å². The summed E-state index contributed by atoms with van der Waals surface area (Å²) >= 11 is 0. The van der Waals surface area contributed by atoms with E-state index in [1.807, 2.05) is 36.7 Å². The molecule has 184 valence electrons. The second-order valence-corrected chi connectivity index (χ2v) is 9.27. The van der Waals surface area contributed by atoms with Gasteiger partial charge < -0.3 is 19.1 Å². The van der Waals surface area contributed by atoms with Crippen molar-refractivity contribution in [3.63, 3.8) is 0 Å². The minimum Gasteiger partial charge on any atom is -0.497 e. The third kappa shape index (κ3) is 4.55. The van der Waals surface area contributed by atoms with Crippen molar-refractivity contribution >= 4 is 22.4 Å². The first-order valence-electron chi connectivity index (χ1n) is 11.9. The standard InChI is InChI=1S/C26H31N5O4/c1-17(2)9-19-16-31-25(28-19)24-23(12-20(14-27-24)29-5-7-35-8-6-29)30(26(31)32)15-18-10-21(33-3)13-22(11-18)34-4/h10-14,16-17H,5-9,15H2,1-4H3. The van der Waals surface area contributed by atoms with Crippen LogP contribution in [0.2, 0.25) is 0 Å². The molecule has 9 heteroatoms. The molecule has 0 radical (unpaired) electrons. The summed E-state index contributed by atoms with van der Waals surface area (Å²) in [6, 6.07) is 7.70. The van der Waals surface area contributed by atoms with Gasteiger partial charge in [0.2, 0.25) is 0 Å². The summed E-state index contributed by atoms with van der Waals surface area (Å²) < 4.78 is 19.8. The minimum atomic E-state index is -0.155. The normalized spacial score (nSPS) is 14.3. The minimum absolute atomic E-state index is 0.155. The van der Waals surface area contributed by atoms with Crippen LogP contribution < -0.4 is 20.1 Å². The van der Waals surface area contributed by atoms with Crippen LogP contribution in [0.25, 0.3) is 16.7 Å². The molecule has 9 nitrogen and oxygen atoms in total. The van der Waals surface area contributed by atoms with Gasteiger partial charge in [0.05, 0.1) is 57.1 Å². The zero-order valence-electron chi connectivity index (χ0n) is 20.7. The van der Waals surface area contributed by atoms with Crippen LogP contribution in [-0.2, 0) is 17.7 Å². The number of anilines is 1. The first-order valence-corrected chi connectivity index (χ1v) is 11.9. The number of imidazole rings is 1. The van der Waals surface area contributed by atoms with Gasteiger partial charge in [0, 0.05) is 25.4 Å². The van der Waals surface area contributed by atoms with Crippen molar-refractivity contribution in [2.75, 3.05) is 45.4 Å². The average molecular weight is 478 g/mol. The fourth-order valence-corrected chi connectivity index (χ4v) is 4.60. The lowest BCUT2D eigenvalue weighted by Gasteiger charge is -2.28. The number of fused-ring (bicyclic) bond motifs is 3. The Morgan fingerprint density at radius 1 is 1.06 bits per heavy atom. The number of methoxy groups -OCH3 is 2. The summed E-state index contributed by atoms with van der Waals surface area (Å²) in [7, 11) is 3.24. The topological polar surface area (TPSA) is 83.1 Å². The first-order chi connectivity index (χ1) is 17.0. The summed E-state index contributed by atoms with van der Waals surface area (Å²) in [5.74, 6) is 1.78. The number of hydrogen-bond acceptors (Lipinski definition) is 7. The molecule has 3 aromatic heterocycles. The molecule has 4 aromatic rings. The highest BCUT2D eigenvalue weighted by Crippen LogP contribution is 2.26. The highest BCUT2D eigenvalue weighted by molar-refractivity contribution is 5.89. The van der Waals surface area contributed by atoms with Crippen molar-refractivity contribution in [2.45, 2.75) is 26.8 Å². The smallest absolute Gasteiger partial charge is 0.334 e. The maximum absolute atomic E-state index is 13.8. The molecule has 0 saturated carbocycles. The second-order valence-electron chi connectivity index (χ2n) is 9.27. The van der Waals surface area contributed by atoms with Crippen LogP contribution in [0.5, 0.6) is 11.5 Å². The van der Waals surface area contributed by atoms with Gasteiger partial charge in [-0.2, -0.15) is 0 Å². The average Bonchev–Trinajstić information content (AvgIpc) is 3.29. The summed E-state index contributed by atoms with van der Waals surface area (Å²) in [6.07, 6.45) is 4.51. The lowest BCUT2D eigenvalue weighted by Crippen LogP contribution is -2.36. The van der Waals surface area contributed by atoms with Crippen molar-refractivity contribution < 1.29 is 14.2 Å². The zero-order chi connectivity index (χ0) is 24.5. The number of ether oxygens (including phenoxy) is 3. The molecule has 1 aliphatic rings. The summed E-state index contributed by atoms with van der Waals surface area (Å²) in [5.41, 5.74) is 4.63. The Morgan fingerprint density at radius 2 is 1.77 bits per heavy atom. The van der Waals surface area contributed by atoms with Crippen LogP contribution in [0.3, 0.4) is 0 Å². The number of morpholine rings is 1. The molecule has 0 spiro atoms. The van der Waals surface area contributed by atoms with Crippen molar-refractivity contribution in [3.05, 3.63) is 58.4 Å². The molecule has 0 aliphatic carbocycles. The quantitative estimate of drug-likeness (QED) is 0.404. The van der Waals surface area contributed by atoms with Gasteiger partial charge in [-0.3, -0.25) is 4.57 Å². The Kier molecular flexibility index (Phi) is 6.34. The Balaban J connectivity index is 1.71. The van der Waals surface area contributed by atoms with E-state index < -0.39 is 0 Å². The SMILES string of the molecule is COc1cc(Cn2c(=O)n3cc(CC(C)C)nc3c3ncc(N4CCOCC4)cc32)cc(OC)c1. The van der Waals surface area contributed by atoms with Crippen LogP contribution in [-0.4, -0.2) is 59.5 Å². The van der Waals surface area contributed by atoms with E-state index in [1.165, 1.54) is 0 Å². The molecule has 35 heavy (non-hydrogen) atoms. The van der Waals surface area contributed by atoms with E-state index in [4.69, 9.17) is 24.2 Å². The van der Waals surface area contributed by atoms with Gasteiger partial charge in [-0.15, -0.1) is 0 Å². The van der Waals surface area contributed by atoms with Gasteiger partial charge in [0.15, 0.2) is 5.65 Å². The third-order valence-corrected chi connectivity index (χ3v) is 6.29. The second kappa shape index (κ2) is 9.58. The van der Waals surface area contributed by atoms with Crippen LogP contribution in [0, 0.1) is 5.92 Å². The Bertz CT molecular complexity index is 1400. The van der Waals surface area contributed by atoms with Gasteiger partial charge in [-0.05, 0) is 36.1 Å². The lowest BCUT2D eigenvalue weighted by molar-refractivity contribution is 0.122. The van der Waals surface area contributed by atoms with Crippen molar-refractivity contribution in [1.82, 2.24) is 18.9 Å². The Morgan fingerprint density at radius 3 is 2.43 bits per heavy atom. The molecule has 0 unspecified atom stereocenters. The molecule has 0 atom stereocenters. The molecular weight excluding hydrogens is 446 g/mol.